The van der Waals surface area contributed by atoms with Gasteiger partial charge in [-0.3, -0.25) is 0 Å². The Morgan fingerprint density at radius 1 is 0.438 bits per heavy atom. The summed E-state index contributed by atoms with van der Waals surface area (Å²) in [6.45, 7) is 19.4. The normalized spacial score (nSPS) is 12.4. The van der Waals surface area contributed by atoms with Gasteiger partial charge in [0.15, 0.2) is 34.7 Å². The molecule has 0 aliphatic heterocycles. The van der Waals surface area contributed by atoms with Gasteiger partial charge in [-0.1, -0.05) is 27.7 Å². The van der Waals surface area contributed by atoms with Crippen molar-refractivity contribution in [3.63, 3.8) is 0 Å². The molecule has 0 saturated carbocycles. The average Bonchev–Trinajstić information content (AvgIpc) is 3.04. The number of hydrogen-bond acceptors (Lipinski definition) is 6. The molecular formula is C39H53F3O6. The zero-order valence-electron chi connectivity index (χ0n) is 30.2. The molecule has 9 heteroatoms. The fourth-order valence-corrected chi connectivity index (χ4v) is 4.21. The van der Waals surface area contributed by atoms with E-state index in [1.807, 2.05) is 69.2 Å². The fourth-order valence-electron chi connectivity index (χ4n) is 4.21. The Kier molecular flexibility index (Phi) is 13.0. The van der Waals surface area contributed by atoms with Crippen LogP contribution in [0.2, 0.25) is 0 Å². The first-order valence-corrected chi connectivity index (χ1v) is 16.8. The van der Waals surface area contributed by atoms with E-state index in [2.05, 4.69) is 0 Å². The summed E-state index contributed by atoms with van der Waals surface area (Å²) in [5.41, 5.74) is -2.38. The van der Waals surface area contributed by atoms with Gasteiger partial charge >= 0.3 is 0 Å². The summed E-state index contributed by atoms with van der Waals surface area (Å²) in [4.78, 5) is 0. The van der Waals surface area contributed by atoms with Gasteiger partial charge in [-0.15, -0.1) is 0 Å². The quantitative estimate of drug-likeness (QED) is 0.126. The molecule has 0 radical (unpaired) electrons. The number of benzene rings is 3. The van der Waals surface area contributed by atoms with Crippen LogP contribution in [-0.4, -0.2) is 36.6 Å². The Hall–Kier alpha value is -3.75. The zero-order chi connectivity index (χ0) is 35.8. The van der Waals surface area contributed by atoms with Crippen LogP contribution in [-0.2, 0) is 0 Å². The number of rotatable bonds is 19. The monoisotopic (exact) mass is 674 g/mol. The largest absolute Gasteiger partial charge is 0.493 e. The fraction of sp³-hybridized carbons (Fsp3) is 0.538. The second-order valence-electron chi connectivity index (χ2n) is 14.1. The minimum Gasteiger partial charge on any atom is -0.493 e. The molecule has 0 N–H and O–H groups in total. The predicted octanol–water partition coefficient (Wildman–Crippen LogP) is 10.7. The smallest absolute Gasteiger partial charge is 0.168 e. The van der Waals surface area contributed by atoms with Crippen LogP contribution in [0.5, 0.6) is 34.5 Å². The number of ether oxygens (including phenoxy) is 6. The summed E-state index contributed by atoms with van der Waals surface area (Å²) in [6.07, 6.45) is 2.62. The molecule has 266 valence electrons. The van der Waals surface area contributed by atoms with Gasteiger partial charge in [0.05, 0.1) is 5.41 Å². The Morgan fingerprint density at radius 2 is 0.708 bits per heavy atom. The summed E-state index contributed by atoms with van der Waals surface area (Å²) >= 11 is 0. The minimum absolute atomic E-state index is 0.0618. The highest BCUT2D eigenvalue weighted by atomic mass is 19.1. The van der Waals surface area contributed by atoms with Gasteiger partial charge in [0.25, 0.3) is 0 Å². The molecule has 48 heavy (non-hydrogen) atoms. The van der Waals surface area contributed by atoms with Crippen LogP contribution in [0.25, 0.3) is 0 Å². The summed E-state index contributed by atoms with van der Waals surface area (Å²) in [6, 6.07) is 13.4. The van der Waals surface area contributed by atoms with Crippen molar-refractivity contribution in [1.29, 1.82) is 0 Å². The van der Waals surface area contributed by atoms with E-state index in [4.69, 9.17) is 28.4 Å². The highest BCUT2D eigenvalue weighted by Crippen LogP contribution is 2.33. The van der Waals surface area contributed by atoms with Crippen molar-refractivity contribution in [3.05, 3.63) is 72.0 Å². The lowest BCUT2D eigenvalue weighted by Gasteiger charge is -2.32. The van der Waals surface area contributed by atoms with Crippen LogP contribution in [0.3, 0.4) is 0 Å². The molecule has 3 rings (SSSR count). The minimum atomic E-state index is -0.804. The molecule has 0 aromatic heterocycles. The molecular weight excluding hydrogens is 621 g/mol. The predicted molar refractivity (Wildman–Crippen MR) is 183 cm³/mol. The van der Waals surface area contributed by atoms with E-state index >= 15 is 13.2 Å². The van der Waals surface area contributed by atoms with Crippen LogP contribution >= 0.6 is 0 Å². The van der Waals surface area contributed by atoms with Gasteiger partial charge in [-0.25, -0.2) is 13.2 Å². The third-order valence-electron chi connectivity index (χ3n) is 8.81. The Bertz CT molecular complexity index is 1310. The van der Waals surface area contributed by atoms with Gasteiger partial charge in [0.1, 0.15) is 53.9 Å². The van der Waals surface area contributed by atoms with Crippen molar-refractivity contribution in [2.24, 2.45) is 5.41 Å². The molecule has 0 aliphatic carbocycles. The SMILES string of the molecule is CCC(COc1ccc(OC(C)(C)CC)c(F)c1)(COc1ccc(OC(C)(C)CC)c(F)c1)COc1ccc(OC(C)(C)CC)c(F)c1. The molecule has 0 aliphatic rings. The van der Waals surface area contributed by atoms with Gasteiger partial charge < -0.3 is 28.4 Å². The van der Waals surface area contributed by atoms with Crippen molar-refractivity contribution in [2.45, 2.75) is 112 Å². The number of halogens is 3. The van der Waals surface area contributed by atoms with Crippen LogP contribution < -0.4 is 28.4 Å². The van der Waals surface area contributed by atoms with Crippen molar-refractivity contribution >= 4 is 0 Å². The molecule has 0 amide bonds. The first-order valence-electron chi connectivity index (χ1n) is 16.8. The van der Waals surface area contributed by atoms with Gasteiger partial charge in [0.2, 0.25) is 0 Å². The molecule has 3 aromatic rings. The Balaban J connectivity index is 1.83. The van der Waals surface area contributed by atoms with Gasteiger partial charge in [-0.2, -0.15) is 0 Å². The van der Waals surface area contributed by atoms with Crippen LogP contribution in [0, 0.1) is 22.9 Å². The maximum absolute atomic E-state index is 15.0. The first-order chi connectivity index (χ1) is 22.4. The van der Waals surface area contributed by atoms with E-state index in [1.54, 1.807) is 36.4 Å². The highest BCUT2D eigenvalue weighted by Gasteiger charge is 2.33. The zero-order valence-corrected chi connectivity index (χ0v) is 30.2. The van der Waals surface area contributed by atoms with E-state index in [-0.39, 0.29) is 37.1 Å². The first kappa shape index (κ1) is 38.7. The lowest BCUT2D eigenvalue weighted by Crippen LogP contribution is -2.40. The molecule has 0 spiro atoms. The van der Waals surface area contributed by atoms with Crippen LogP contribution in [0.1, 0.15) is 94.9 Å². The van der Waals surface area contributed by atoms with Crippen molar-refractivity contribution < 1.29 is 41.6 Å². The maximum Gasteiger partial charge on any atom is 0.168 e. The van der Waals surface area contributed by atoms with E-state index < -0.39 is 39.7 Å². The second kappa shape index (κ2) is 16.1. The molecule has 0 saturated heterocycles. The molecule has 3 aromatic carbocycles. The maximum atomic E-state index is 15.0. The highest BCUT2D eigenvalue weighted by molar-refractivity contribution is 5.35. The van der Waals surface area contributed by atoms with Gasteiger partial charge in [-0.05, 0) is 104 Å². The van der Waals surface area contributed by atoms with E-state index in [9.17, 15) is 0 Å². The lowest BCUT2D eigenvalue weighted by atomic mass is 9.88. The molecule has 0 bridgehead atoms. The van der Waals surface area contributed by atoms with Gasteiger partial charge in [0, 0.05) is 18.2 Å². The van der Waals surface area contributed by atoms with E-state index in [1.165, 1.54) is 18.2 Å². The van der Waals surface area contributed by atoms with Crippen molar-refractivity contribution in [1.82, 2.24) is 0 Å². The average molecular weight is 675 g/mol. The van der Waals surface area contributed by atoms with Crippen molar-refractivity contribution in [2.75, 3.05) is 19.8 Å². The van der Waals surface area contributed by atoms with E-state index in [0.717, 1.165) is 0 Å². The number of hydrogen-bond donors (Lipinski definition) is 0. The summed E-state index contributed by atoms with van der Waals surface area (Å²) in [5.74, 6) is -0.342. The topological polar surface area (TPSA) is 55.4 Å². The second-order valence-corrected chi connectivity index (χ2v) is 14.1. The summed E-state index contributed by atoms with van der Waals surface area (Å²) < 4.78 is 80.8. The summed E-state index contributed by atoms with van der Waals surface area (Å²) in [5, 5.41) is 0. The van der Waals surface area contributed by atoms with E-state index in [0.29, 0.717) is 42.9 Å². The molecule has 0 unspecified atom stereocenters. The molecule has 6 nitrogen and oxygen atoms in total. The Labute approximate surface area is 284 Å². The summed E-state index contributed by atoms with van der Waals surface area (Å²) in [7, 11) is 0. The standard InChI is InChI=1S/C39H53F3O6/c1-11-36(5,6)46-33-18-15-27(21-30(33)40)43-24-39(14-4,25-44-28-16-19-34(31(41)22-28)47-37(7,8)12-2)26-45-29-17-20-35(32(42)23-29)48-38(9,10)13-3/h15-23H,11-14,24-26H2,1-10H3. The third-order valence-corrected chi connectivity index (χ3v) is 8.81. The van der Waals surface area contributed by atoms with Crippen molar-refractivity contribution in [3.8, 4) is 34.5 Å². The third kappa shape index (κ3) is 11.2. The molecule has 0 atom stereocenters. The lowest BCUT2D eigenvalue weighted by molar-refractivity contribution is 0.0287. The molecule has 0 heterocycles. The Morgan fingerprint density at radius 3 is 0.917 bits per heavy atom. The molecule has 0 fully saturated rings. The van der Waals surface area contributed by atoms with Crippen LogP contribution in [0.15, 0.2) is 54.6 Å². The van der Waals surface area contributed by atoms with Crippen LogP contribution in [0.4, 0.5) is 13.2 Å².